The van der Waals surface area contributed by atoms with Gasteiger partial charge in [-0.15, -0.1) is 0 Å². The molecule has 0 atom stereocenters. The average Bonchev–Trinajstić information content (AvgIpc) is 2.89. The molecule has 25 heavy (non-hydrogen) atoms. The molecule has 0 aliphatic carbocycles. The van der Waals surface area contributed by atoms with Crippen LogP contribution in [-0.4, -0.2) is 29.3 Å². The van der Waals surface area contributed by atoms with Crippen LogP contribution in [-0.2, 0) is 22.7 Å². The summed E-state index contributed by atoms with van der Waals surface area (Å²) >= 11 is 0. The van der Waals surface area contributed by atoms with E-state index < -0.39 is 38.4 Å². The van der Waals surface area contributed by atoms with E-state index in [0.29, 0.717) is 4.68 Å². The standard InChI is InChI=1S/C14H14F3N3O4S/c1-3-20-12(14(15,16)17)10(7-18-20)19-25(23,24)11-6-4-5-9(8(11)2)13(21)22/h4-7,19H,3H2,1-2H3,(H,21,22). The van der Waals surface area contributed by atoms with E-state index in [1.165, 1.54) is 26.0 Å². The van der Waals surface area contributed by atoms with Gasteiger partial charge in [-0.05, 0) is 31.5 Å². The Bertz CT molecular complexity index is 920. The highest BCUT2D eigenvalue weighted by atomic mass is 32.2. The van der Waals surface area contributed by atoms with Crippen molar-refractivity contribution in [1.82, 2.24) is 9.78 Å². The monoisotopic (exact) mass is 377 g/mol. The van der Waals surface area contributed by atoms with Crippen molar-refractivity contribution in [2.24, 2.45) is 0 Å². The van der Waals surface area contributed by atoms with Gasteiger partial charge in [-0.1, -0.05) is 6.07 Å². The number of sulfonamides is 1. The maximum atomic E-state index is 13.2. The van der Waals surface area contributed by atoms with Crippen molar-refractivity contribution in [2.75, 3.05) is 4.72 Å². The number of alkyl halides is 3. The minimum atomic E-state index is -4.82. The Morgan fingerprint density at radius 1 is 1.36 bits per heavy atom. The molecule has 2 aromatic rings. The van der Waals surface area contributed by atoms with Crippen LogP contribution in [0.25, 0.3) is 0 Å². The number of carboxylic acids is 1. The van der Waals surface area contributed by atoms with Crippen molar-refractivity contribution in [2.45, 2.75) is 31.5 Å². The fraction of sp³-hybridized carbons (Fsp3) is 0.286. The van der Waals surface area contributed by atoms with Crippen molar-refractivity contribution in [1.29, 1.82) is 0 Å². The largest absolute Gasteiger partial charge is 0.478 e. The highest BCUT2D eigenvalue weighted by Gasteiger charge is 2.39. The number of benzene rings is 1. The minimum absolute atomic E-state index is 0.0843. The number of anilines is 1. The molecular formula is C14H14F3N3O4S. The minimum Gasteiger partial charge on any atom is -0.478 e. The molecule has 1 aromatic carbocycles. The van der Waals surface area contributed by atoms with E-state index in [1.807, 2.05) is 4.72 Å². The van der Waals surface area contributed by atoms with E-state index in [-0.39, 0.29) is 17.7 Å². The SMILES string of the molecule is CCn1ncc(NS(=O)(=O)c2cccc(C(=O)O)c2C)c1C(F)(F)F. The molecule has 0 spiro atoms. The van der Waals surface area contributed by atoms with E-state index in [2.05, 4.69) is 5.10 Å². The van der Waals surface area contributed by atoms with Crippen LogP contribution in [0.4, 0.5) is 18.9 Å². The third kappa shape index (κ3) is 3.60. The Morgan fingerprint density at radius 3 is 2.52 bits per heavy atom. The number of nitrogens with zero attached hydrogens (tertiary/aromatic N) is 2. The molecule has 0 bridgehead atoms. The molecular weight excluding hydrogens is 363 g/mol. The highest BCUT2D eigenvalue weighted by Crippen LogP contribution is 2.36. The van der Waals surface area contributed by atoms with Gasteiger partial charge in [-0.25, -0.2) is 13.2 Å². The van der Waals surface area contributed by atoms with Crippen LogP contribution in [0.5, 0.6) is 0 Å². The Labute approximate surface area is 141 Å². The van der Waals surface area contributed by atoms with Crippen molar-refractivity contribution in [3.05, 3.63) is 41.2 Å². The number of nitrogens with one attached hydrogen (secondary N) is 1. The van der Waals surface area contributed by atoms with Gasteiger partial charge in [-0.2, -0.15) is 18.3 Å². The zero-order valence-electron chi connectivity index (χ0n) is 13.1. The van der Waals surface area contributed by atoms with Crippen LogP contribution in [0.15, 0.2) is 29.3 Å². The van der Waals surface area contributed by atoms with Gasteiger partial charge in [0, 0.05) is 6.54 Å². The number of halogens is 3. The molecule has 136 valence electrons. The molecule has 0 amide bonds. The van der Waals surface area contributed by atoms with Crippen LogP contribution in [0.2, 0.25) is 0 Å². The fourth-order valence-electron chi connectivity index (χ4n) is 2.34. The second-order valence-corrected chi connectivity index (χ2v) is 6.71. The smallest absolute Gasteiger partial charge is 0.435 e. The molecule has 7 nitrogen and oxygen atoms in total. The molecule has 1 aromatic heterocycles. The lowest BCUT2D eigenvalue weighted by Crippen LogP contribution is -2.20. The van der Waals surface area contributed by atoms with Gasteiger partial charge in [0.2, 0.25) is 0 Å². The summed E-state index contributed by atoms with van der Waals surface area (Å²) < 4.78 is 67.0. The summed E-state index contributed by atoms with van der Waals surface area (Å²) in [7, 11) is -4.44. The lowest BCUT2D eigenvalue weighted by Gasteiger charge is -2.14. The molecule has 1 heterocycles. The van der Waals surface area contributed by atoms with Crippen LogP contribution >= 0.6 is 0 Å². The second kappa shape index (κ2) is 6.39. The van der Waals surface area contributed by atoms with Crippen LogP contribution in [0.1, 0.15) is 28.5 Å². The number of carboxylic acid groups (broad SMARTS) is 1. The van der Waals surface area contributed by atoms with Crippen molar-refractivity contribution in [3.63, 3.8) is 0 Å². The fourth-order valence-corrected chi connectivity index (χ4v) is 3.66. The van der Waals surface area contributed by atoms with E-state index in [0.717, 1.165) is 12.3 Å². The molecule has 11 heteroatoms. The van der Waals surface area contributed by atoms with E-state index >= 15 is 0 Å². The Balaban J connectivity index is 2.53. The summed E-state index contributed by atoms with van der Waals surface area (Å²) in [5.74, 6) is -1.34. The van der Waals surface area contributed by atoms with Gasteiger partial charge in [0.05, 0.1) is 22.3 Å². The third-order valence-corrected chi connectivity index (χ3v) is 4.97. The highest BCUT2D eigenvalue weighted by molar-refractivity contribution is 7.92. The van der Waals surface area contributed by atoms with E-state index in [1.54, 1.807) is 0 Å². The lowest BCUT2D eigenvalue weighted by atomic mass is 10.1. The molecule has 0 aliphatic rings. The molecule has 2 rings (SSSR count). The predicted molar refractivity (Wildman–Crippen MR) is 81.8 cm³/mol. The predicted octanol–water partition coefficient (Wildman–Crippen LogP) is 2.73. The summed E-state index contributed by atoms with van der Waals surface area (Å²) in [5.41, 5.74) is -2.30. The maximum Gasteiger partial charge on any atom is 0.435 e. The third-order valence-electron chi connectivity index (χ3n) is 3.46. The van der Waals surface area contributed by atoms with Gasteiger partial charge in [-0.3, -0.25) is 9.40 Å². The molecule has 0 radical (unpaired) electrons. The quantitative estimate of drug-likeness (QED) is 0.834. The Morgan fingerprint density at radius 2 is 2.00 bits per heavy atom. The number of aryl methyl sites for hydroxylation is 1. The topological polar surface area (TPSA) is 101 Å². The summed E-state index contributed by atoms with van der Waals surface area (Å²) in [6.07, 6.45) is -4.05. The van der Waals surface area contributed by atoms with Crippen LogP contribution < -0.4 is 4.72 Å². The van der Waals surface area contributed by atoms with E-state index in [9.17, 15) is 26.4 Å². The van der Waals surface area contributed by atoms with Crippen molar-refractivity contribution in [3.8, 4) is 0 Å². The van der Waals surface area contributed by atoms with Gasteiger partial charge in [0.1, 0.15) is 0 Å². The first kappa shape index (κ1) is 18.8. The zero-order chi connectivity index (χ0) is 19.0. The van der Waals surface area contributed by atoms with Gasteiger partial charge in [0.15, 0.2) is 5.69 Å². The van der Waals surface area contributed by atoms with Gasteiger partial charge >= 0.3 is 12.1 Å². The van der Waals surface area contributed by atoms with Crippen molar-refractivity contribution >= 4 is 21.7 Å². The summed E-state index contributed by atoms with van der Waals surface area (Å²) in [6, 6.07) is 3.51. The zero-order valence-corrected chi connectivity index (χ0v) is 13.9. The van der Waals surface area contributed by atoms with Crippen LogP contribution in [0.3, 0.4) is 0 Å². The number of carbonyl (C=O) groups is 1. The molecule has 0 unspecified atom stereocenters. The molecule has 0 saturated heterocycles. The van der Waals surface area contributed by atoms with E-state index in [4.69, 9.17) is 5.11 Å². The molecule has 0 fully saturated rings. The summed E-state index contributed by atoms with van der Waals surface area (Å²) in [4.78, 5) is 10.7. The molecule has 2 N–H and O–H groups in total. The maximum absolute atomic E-state index is 13.2. The second-order valence-electron chi connectivity index (χ2n) is 5.06. The summed E-state index contributed by atoms with van der Waals surface area (Å²) in [5, 5.41) is 12.6. The number of hydrogen-bond donors (Lipinski definition) is 2. The number of aromatic nitrogens is 2. The van der Waals surface area contributed by atoms with Gasteiger partial charge < -0.3 is 5.11 Å². The number of hydrogen-bond acceptors (Lipinski definition) is 4. The van der Waals surface area contributed by atoms with Gasteiger partial charge in [0.25, 0.3) is 10.0 Å². The normalized spacial score (nSPS) is 12.2. The lowest BCUT2D eigenvalue weighted by molar-refractivity contribution is -0.143. The molecule has 0 aliphatic heterocycles. The number of aromatic carboxylic acids is 1. The Hall–Kier alpha value is -2.56. The Kier molecular flexibility index (Phi) is 4.80. The van der Waals surface area contributed by atoms with Crippen LogP contribution in [0, 0.1) is 6.92 Å². The first-order valence-corrected chi connectivity index (χ1v) is 8.46. The van der Waals surface area contributed by atoms with Crippen molar-refractivity contribution < 1.29 is 31.5 Å². The first-order valence-electron chi connectivity index (χ1n) is 6.97. The molecule has 0 saturated carbocycles. The summed E-state index contributed by atoms with van der Waals surface area (Å²) in [6.45, 7) is 2.59. The first-order chi connectivity index (χ1) is 11.5. The average molecular weight is 377 g/mol. The number of rotatable bonds is 5.